The lowest BCUT2D eigenvalue weighted by Crippen LogP contribution is -2.42. The Balaban J connectivity index is 1.56. The van der Waals surface area contributed by atoms with Crippen LogP contribution in [0.3, 0.4) is 0 Å². The van der Waals surface area contributed by atoms with Gasteiger partial charge in [-0.1, -0.05) is 26.8 Å². The molecule has 3 rings (SSSR count). The van der Waals surface area contributed by atoms with Crippen LogP contribution in [0.5, 0.6) is 5.75 Å². The van der Waals surface area contributed by atoms with E-state index >= 15 is 0 Å². The highest BCUT2D eigenvalue weighted by molar-refractivity contribution is 5.95. The van der Waals surface area contributed by atoms with E-state index in [1.807, 2.05) is 24.3 Å². The molecule has 2 aliphatic heterocycles. The van der Waals surface area contributed by atoms with E-state index in [2.05, 4.69) is 25.7 Å². The van der Waals surface area contributed by atoms with Gasteiger partial charge in [-0.05, 0) is 49.3 Å². The maximum absolute atomic E-state index is 12.8. The third-order valence-electron chi connectivity index (χ3n) is 5.47. The van der Waals surface area contributed by atoms with Crippen molar-refractivity contribution in [1.82, 2.24) is 9.80 Å². The molecule has 1 atom stereocenters. The molecule has 0 unspecified atom stereocenters. The van der Waals surface area contributed by atoms with Crippen LogP contribution in [-0.4, -0.2) is 65.7 Å². The first-order valence-corrected chi connectivity index (χ1v) is 10.3. The number of carbonyl (C=O) groups is 1. The monoisotopic (exact) mass is 374 g/mol. The Morgan fingerprint density at radius 2 is 1.93 bits per heavy atom. The first-order chi connectivity index (χ1) is 12.9. The minimum atomic E-state index is -0.0470. The number of hydrogen-bond acceptors (Lipinski definition) is 4. The van der Waals surface area contributed by atoms with Crippen LogP contribution >= 0.6 is 0 Å². The molecule has 1 amide bonds. The largest absolute Gasteiger partial charge is 0.490 e. The first kappa shape index (κ1) is 20.2. The Morgan fingerprint density at radius 1 is 1.19 bits per heavy atom. The third-order valence-corrected chi connectivity index (χ3v) is 5.47. The number of nitrogens with zero attached hydrogens (tertiary/aromatic N) is 2. The number of rotatable bonds is 5. The number of ether oxygens (including phenoxy) is 1. The van der Waals surface area contributed by atoms with Crippen LogP contribution in [0.1, 0.15) is 56.8 Å². The molecule has 2 saturated heterocycles. The minimum absolute atomic E-state index is 0.00278. The van der Waals surface area contributed by atoms with Crippen LogP contribution in [0.25, 0.3) is 0 Å². The SMILES string of the molecule is CC(C)(C)CN1CCC(Oc2cccc(C(=O)N3CCC[C@H]3CO)c2)CC1. The van der Waals surface area contributed by atoms with E-state index in [9.17, 15) is 9.90 Å². The summed E-state index contributed by atoms with van der Waals surface area (Å²) in [5, 5.41) is 9.47. The fraction of sp³-hybridized carbons (Fsp3) is 0.682. The molecule has 0 saturated carbocycles. The van der Waals surface area contributed by atoms with Crippen LogP contribution in [0.15, 0.2) is 24.3 Å². The quantitative estimate of drug-likeness (QED) is 0.860. The molecule has 0 aromatic heterocycles. The van der Waals surface area contributed by atoms with Gasteiger partial charge >= 0.3 is 0 Å². The van der Waals surface area contributed by atoms with Crippen molar-refractivity contribution in [3.05, 3.63) is 29.8 Å². The predicted octanol–water partition coefficient (Wildman–Crippen LogP) is 3.17. The number of amides is 1. The van der Waals surface area contributed by atoms with Crippen molar-refractivity contribution in [3.63, 3.8) is 0 Å². The van der Waals surface area contributed by atoms with Gasteiger partial charge in [-0.3, -0.25) is 4.79 Å². The van der Waals surface area contributed by atoms with Crippen LogP contribution in [0.4, 0.5) is 0 Å². The van der Waals surface area contributed by atoms with Gasteiger partial charge in [-0.2, -0.15) is 0 Å². The smallest absolute Gasteiger partial charge is 0.254 e. The second kappa shape index (κ2) is 8.61. The van der Waals surface area contributed by atoms with Crippen molar-refractivity contribution in [3.8, 4) is 5.75 Å². The Bertz CT molecular complexity index is 633. The highest BCUT2D eigenvalue weighted by Crippen LogP contribution is 2.25. The maximum Gasteiger partial charge on any atom is 0.254 e. The van der Waals surface area contributed by atoms with E-state index in [1.165, 1.54) is 0 Å². The minimum Gasteiger partial charge on any atom is -0.490 e. The molecule has 2 aliphatic rings. The molecule has 5 nitrogen and oxygen atoms in total. The van der Waals surface area contributed by atoms with Crippen molar-refractivity contribution in [2.45, 2.75) is 58.6 Å². The van der Waals surface area contributed by atoms with E-state index in [0.29, 0.717) is 11.0 Å². The van der Waals surface area contributed by atoms with Gasteiger partial charge in [0.1, 0.15) is 11.9 Å². The maximum atomic E-state index is 12.8. The molecule has 1 N–H and O–H groups in total. The van der Waals surface area contributed by atoms with Crippen LogP contribution in [0.2, 0.25) is 0 Å². The van der Waals surface area contributed by atoms with Gasteiger partial charge < -0.3 is 19.6 Å². The third kappa shape index (κ3) is 5.45. The lowest BCUT2D eigenvalue weighted by atomic mass is 9.94. The number of benzene rings is 1. The van der Waals surface area contributed by atoms with E-state index < -0.39 is 0 Å². The number of aliphatic hydroxyl groups excluding tert-OH is 1. The summed E-state index contributed by atoms with van der Waals surface area (Å²) in [5.41, 5.74) is 0.975. The molecule has 2 fully saturated rings. The zero-order valence-electron chi connectivity index (χ0n) is 17.0. The molecule has 1 aromatic carbocycles. The average molecular weight is 375 g/mol. The fourth-order valence-corrected chi connectivity index (χ4v) is 4.21. The molecule has 0 spiro atoms. The van der Waals surface area contributed by atoms with Crippen LogP contribution < -0.4 is 4.74 Å². The summed E-state index contributed by atoms with van der Waals surface area (Å²) in [7, 11) is 0. The first-order valence-electron chi connectivity index (χ1n) is 10.3. The number of piperidine rings is 1. The summed E-state index contributed by atoms with van der Waals surface area (Å²) in [5.74, 6) is 0.770. The molecule has 5 heteroatoms. The summed E-state index contributed by atoms with van der Waals surface area (Å²) in [4.78, 5) is 17.1. The summed E-state index contributed by atoms with van der Waals surface area (Å²) in [6, 6.07) is 7.48. The zero-order valence-corrected chi connectivity index (χ0v) is 17.0. The van der Waals surface area contributed by atoms with Gasteiger partial charge in [0.15, 0.2) is 0 Å². The number of carbonyl (C=O) groups excluding carboxylic acids is 1. The molecule has 1 aromatic rings. The Morgan fingerprint density at radius 3 is 2.59 bits per heavy atom. The van der Waals surface area contributed by atoms with Gasteiger partial charge in [-0.25, -0.2) is 0 Å². The van der Waals surface area contributed by atoms with Crippen molar-refractivity contribution >= 4 is 5.91 Å². The lowest BCUT2D eigenvalue weighted by molar-refractivity contribution is 0.0674. The second-order valence-electron chi connectivity index (χ2n) is 9.16. The molecule has 150 valence electrons. The van der Waals surface area contributed by atoms with Crippen molar-refractivity contribution in [1.29, 1.82) is 0 Å². The summed E-state index contributed by atoms with van der Waals surface area (Å²) < 4.78 is 6.19. The van der Waals surface area contributed by atoms with Gasteiger partial charge in [0.05, 0.1) is 12.6 Å². The Labute approximate surface area is 163 Å². The number of likely N-dealkylation sites (tertiary alicyclic amines) is 2. The number of aliphatic hydroxyl groups is 1. The number of hydrogen-bond donors (Lipinski definition) is 1. The molecule has 27 heavy (non-hydrogen) atoms. The van der Waals surface area contributed by atoms with Gasteiger partial charge in [0.2, 0.25) is 0 Å². The molecule has 2 heterocycles. The Hall–Kier alpha value is -1.59. The van der Waals surface area contributed by atoms with Gasteiger partial charge in [-0.15, -0.1) is 0 Å². The topological polar surface area (TPSA) is 53.0 Å². The highest BCUT2D eigenvalue weighted by Gasteiger charge is 2.29. The van der Waals surface area contributed by atoms with E-state index in [1.54, 1.807) is 4.90 Å². The normalized spacial score (nSPS) is 22.2. The van der Waals surface area contributed by atoms with Crippen LogP contribution in [-0.2, 0) is 0 Å². The van der Waals surface area contributed by atoms with E-state index in [-0.39, 0.29) is 24.7 Å². The fourth-order valence-electron chi connectivity index (χ4n) is 4.21. The molecular formula is C22H34N2O3. The second-order valence-corrected chi connectivity index (χ2v) is 9.16. The van der Waals surface area contributed by atoms with Crippen molar-refractivity contribution < 1.29 is 14.6 Å². The molecule has 0 bridgehead atoms. The van der Waals surface area contributed by atoms with E-state index in [0.717, 1.165) is 57.6 Å². The Kier molecular flexibility index (Phi) is 6.43. The lowest BCUT2D eigenvalue weighted by Gasteiger charge is -2.36. The standard InChI is InChI=1S/C22H34N2O3/c1-22(2,3)16-23-12-9-19(10-13-23)27-20-8-4-6-17(14-20)21(26)24-11-5-7-18(24)15-25/h4,6,8,14,18-19,25H,5,7,9-13,15-16H2,1-3H3/t18-/m0/s1. The predicted molar refractivity (Wildman–Crippen MR) is 107 cm³/mol. The molecule has 0 aliphatic carbocycles. The summed E-state index contributed by atoms with van der Waals surface area (Å²) in [6.45, 7) is 10.8. The van der Waals surface area contributed by atoms with E-state index in [4.69, 9.17) is 4.74 Å². The molecular weight excluding hydrogens is 340 g/mol. The summed E-state index contributed by atoms with van der Waals surface area (Å²) >= 11 is 0. The van der Waals surface area contributed by atoms with Gasteiger partial charge in [0, 0.05) is 31.7 Å². The van der Waals surface area contributed by atoms with Crippen LogP contribution in [0, 0.1) is 5.41 Å². The highest BCUT2D eigenvalue weighted by atomic mass is 16.5. The molecule has 0 radical (unpaired) electrons. The zero-order chi connectivity index (χ0) is 19.4. The van der Waals surface area contributed by atoms with Gasteiger partial charge in [0.25, 0.3) is 5.91 Å². The van der Waals surface area contributed by atoms with Crippen molar-refractivity contribution in [2.75, 3.05) is 32.8 Å². The average Bonchev–Trinajstić information content (AvgIpc) is 3.10. The van der Waals surface area contributed by atoms with Crippen molar-refractivity contribution in [2.24, 2.45) is 5.41 Å². The summed E-state index contributed by atoms with van der Waals surface area (Å²) in [6.07, 6.45) is 4.09.